The van der Waals surface area contributed by atoms with Crippen molar-refractivity contribution < 1.29 is 14.0 Å². The maximum atomic E-state index is 12.6. The van der Waals surface area contributed by atoms with Gasteiger partial charge in [0.2, 0.25) is 11.8 Å². The van der Waals surface area contributed by atoms with Gasteiger partial charge in [0, 0.05) is 13.0 Å². The predicted molar refractivity (Wildman–Crippen MR) is 59.4 cm³/mol. The van der Waals surface area contributed by atoms with Crippen LogP contribution in [0.1, 0.15) is 18.4 Å². The first-order chi connectivity index (χ1) is 8.15. The first-order valence-corrected chi connectivity index (χ1v) is 5.46. The van der Waals surface area contributed by atoms with Gasteiger partial charge in [-0.1, -0.05) is 12.1 Å². The number of carbonyl (C=O) groups excluding carboxylic acids is 2. The Labute approximate surface area is 98.2 Å². The first kappa shape index (κ1) is 11.6. The quantitative estimate of drug-likeness (QED) is 0.812. The Morgan fingerprint density at radius 3 is 2.71 bits per heavy atom. The number of nitrogens with one attached hydrogen (secondary N) is 2. The number of halogens is 1. The molecule has 17 heavy (non-hydrogen) atoms. The van der Waals surface area contributed by atoms with Crippen molar-refractivity contribution in [1.29, 1.82) is 0 Å². The van der Waals surface area contributed by atoms with E-state index in [0.717, 1.165) is 5.56 Å². The van der Waals surface area contributed by atoms with E-state index in [1.165, 1.54) is 12.1 Å². The number of hydrogen-bond acceptors (Lipinski definition) is 2. The van der Waals surface area contributed by atoms with Gasteiger partial charge >= 0.3 is 0 Å². The fourth-order valence-corrected chi connectivity index (χ4v) is 1.73. The molecule has 0 aliphatic carbocycles. The molecule has 1 aliphatic rings. The van der Waals surface area contributed by atoms with Crippen molar-refractivity contribution in [2.75, 3.05) is 0 Å². The van der Waals surface area contributed by atoms with E-state index in [9.17, 15) is 14.0 Å². The van der Waals surface area contributed by atoms with Crippen LogP contribution in [0.4, 0.5) is 4.39 Å². The van der Waals surface area contributed by atoms with Crippen molar-refractivity contribution in [3.8, 4) is 0 Å². The first-order valence-electron chi connectivity index (χ1n) is 5.46. The third-order valence-corrected chi connectivity index (χ3v) is 2.69. The molecule has 1 aliphatic heterocycles. The lowest BCUT2D eigenvalue weighted by atomic mass is 10.2. The molecular weight excluding hydrogens is 223 g/mol. The molecule has 0 saturated carbocycles. The SMILES string of the molecule is O=C1CC[C@@H](C(=O)NCc2ccc(F)cc2)N1. The van der Waals surface area contributed by atoms with Crippen molar-refractivity contribution >= 4 is 11.8 Å². The smallest absolute Gasteiger partial charge is 0.242 e. The Hall–Kier alpha value is -1.91. The van der Waals surface area contributed by atoms with Crippen molar-refractivity contribution in [2.45, 2.75) is 25.4 Å². The largest absolute Gasteiger partial charge is 0.350 e. The minimum Gasteiger partial charge on any atom is -0.350 e. The Morgan fingerprint density at radius 2 is 2.12 bits per heavy atom. The van der Waals surface area contributed by atoms with Gasteiger partial charge in [-0.05, 0) is 24.1 Å². The third kappa shape index (κ3) is 3.03. The second-order valence-corrected chi connectivity index (χ2v) is 4.00. The van der Waals surface area contributed by atoms with Crippen LogP contribution in [0.25, 0.3) is 0 Å². The molecule has 0 aromatic heterocycles. The normalized spacial score (nSPS) is 18.9. The summed E-state index contributed by atoms with van der Waals surface area (Å²) < 4.78 is 12.6. The zero-order valence-electron chi connectivity index (χ0n) is 9.20. The van der Waals surface area contributed by atoms with E-state index < -0.39 is 6.04 Å². The molecule has 2 rings (SSSR count). The fourth-order valence-electron chi connectivity index (χ4n) is 1.73. The van der Waals surface area contributed by atoms with Gasteiger partial charge in [0.05, 0.1) is 0 Å². The van der Waals surface area contributed by atoms with E-state index >= 15 is 0 Å². The van der Waals surface area contributed by atoms with E-state index in [1.807, 2.05) is 0 Å². The fraction of sp³-hybridized carbons (Fsp3) is 0.333. The molecule has 0 radical (unpaired) electrons. The van der Waals surface area contributed by atoms with E-state index in [0.29, 0.717) is 19.4 Å². The molecule has 5 heteroatoms. The Kier molecular flexibility index (Phi) is 3.37. The van der Waals surface area contributed by atoms with E-state index in [4.69, 9.17) is 0 Å². The zero-order chi connectivity index (χ0) is 12.3. The standard InChI is InChI=1S/C12H13FN2O2/c13-9-3-1-8(2-4-9)7-14-12(17)10-5-6-11(16)15-10/h1-4,10H,5-7H2,(H,14,17)(H,15,16)/t10-/m0/s1. The Balaban J connectivity index is 1.84. The molecule has 0 bridgehead atoms. The highest BCUT2D eigenvalue weighted by atomic mass is 19.1. The molecule has 1 aromatic carbocycles. The molecule has 1 atom stereocenters. The minimum absolute atomic E-state index is 0.0908. The highest BCUT2D eigenvalue weighted by molar-refractivity contribution is 5.90. The molecule has 90 valence electrons. The van der Waals surface area contributed by atoms with Gasteiger partial charge in [0.15, 0.2) is 0 Å². The van der Waals surface area contributed by atoms with Crippen LogP contribution in [0, 0.1) is 5.82 Å². The summed E-state index contributed by atoms with van der Waals surface area (Å²) in [7, 11) is 0. The van der Waals surface area contributed by atoms with Gasteiger partial charge in [0.25, 0.3) is 0 Å². The van der Waals surface area contributed by atoms with Crippen LogP contribution in [-0.4, -0.2) is 17.9 Å². The second kappa shape index (κ2) is 4.95. The number of amides is 2. The maximum absolute atomic E-state index is 12.6. The van der Waals surface area contributed by atoms with Crippen molar-refractivity contribution in [3.63, 3.8) is 0 Å². The average Bonchev–Trinajstić information content (AvgIpc) is 2.75. The summed E-state index contributed by atoms with van der Waals surface area (Å²) in [6.07, 6.45) is 0.933. The molecule has 4 nitrogen and oxygen atoms in total. The molecule has 2 amide bonds. The molecule has 1 saturated heterocycles. The number of hydrogen-bond donors (Lipinski definition) is 2. The van der Waals surface area contributed by atoms with Gasteiger partial charge in [0.1, 0.15) is 11.9 Å². The summed E-state index contributed by atoms with van der Waals surface area (Å²) in [5.74, 6) is -0.588. The van der Waals surface area contributed by atoms with Crippen LogP contribution in [-0.2, 0) is 16.1 Å². The molecule has 2 N–H and O–H groups in total. The summed E-state index contributed by atoms with van der Waals surface area (Å²) in [4.78, 5) is 22.6. The predicted octanol–water partition coefficient (Wildman–Crippen LogP) is 0.720. The molecule has 1 fully saturated rings. The van der Waals surface area contributed by atoms with E-state index in [-0.39, 0.29) is 17.6 Å². The number of rotatable bonds is 3. The van der Waals surface area contributed by atoms with Crippen LogP contribution in [0.3, 0.4) is 0 Å². The average molecular weight is 236 g/mol. The van der Waals surface area contributed by atoms with Gasteiger partial charge in [-0.15, -0.1) is 0 Å². The van der Waals surface area contributed by atoms with Crippen LogP contribution >= 0.6 is 0 Å². The van der Waals surface area contributed by atoms with Crippen molar-refractivity contribution in [2.24, 2.45) is 0 Å². The van der Waals surface area contributed by atoms with Gasteiger partial charge in [-0.25, -0.2) is 4.39 Å². The van der Waals surface area contributed by atoms with Crippen LogP contribution < -0.4 is 10.6 Å². The lowest BCUT2D eigenvalue weighted by Crippen LogP contribution is -2.41. The Bertz CT molecular complexity index is 431. The third-order valence-electron chi connectivity index (χ3n) is 2.69. The molecular formula is C12H13FN2O2. The lowest BCUT2D eigenvalue weighted by Gasteiger charge is -2.10. The maximum Gasteiger partial charge on any atom is 0.242 e. The summed E-state index contributed by atoms with van der Waals surface area (Å²) in [5, 5.41) is 5.29. The zero-order valence-corrected chi connectivity index (χ0v) is 9.20. The van der Waals surface area contributed by atoms with Gasteiger partial charge in [-0.3, -0.25) is 9.59 Å². The highest BCUT2D eigenvalue weighted by Crippen LogP contribution is 2.07. The molecule has 0 spiro atoms. The molecule has 1 aromatic rings. The molecule has 0 unspecified atom stereocenters. The second-order valence-electron chi connectivity index (χ2n) is 4.00. The number of benzene rings is 1. The topological polar surface area (TPSA) is 58.2 Å². The lowest BCUT2D eigenvalue weighted by molar-refractivity contribution is -0.125. The number of carbonyl (C=O) groups is 2. The van der Waals surface area contributed by atoms with Crippen LogP contribution in [0.5, 0.6) is 0 Å². The minimum atomic E-state index is -0.428. The van der Waals surface area contributed by atoms with Crippen LogP contribution in [0.15, 0.2) is 24.3 Å². The summed E-state index contributed by atoms with van der Waals surface area (Å²) in [6.45, 7) is 0.339. The van der Waals surface area contributed by atoms with Crippen LogP contribution in [0.2, 0.25) is 0 Å². The summed E-state index contributed by atoms with van der Waals surface area (Å²) in [5.41, 5.74) is 0.823. The Morgan fingerprint density at radius 1 is 1.41 bits per heavy atom. The van der Waals surface area contributed by atoms with Gasteiger partial charge in [-0.2, -0.15) is 0 Å². The highest BCUT2D eigenvalue weighted by Gasteiger charge is 2.26. The summed E-state index contributed by atoms with van der Waals surface area (Å²) >= 11 is 0. The molecule has 1 heterocycles. The van der Waals surface area contributed by atoms with E-state index in [1.54, 1.807) is 12.1 Å². The van der Waals surface area contributed by atoms with Crippen molar-refractivity contribution in [1.82, 2.24) is 10.6 Å². The van der Waals surface area contributed by atoms with Gasteiger partial charge < -0.3 is 10.6 Å². The van der Waals surface area contributed by atoms with Crippen molar-refractivity contribution in [3.05, 3.63) is 35.6 Å². The summed E-state index contributed by atoms with van der Waals surface area (Å²) in [6, 6.07) is 5.49. The van der Waals surface area contributed by atoms with E-state index in [2.05, 4.69) is 10.6 Å². The monoisotopic (exact) mass is 236 g/mol.